The van der Waals surface area contributed by atoms with E-state index in [0.717, 1.165) is 40.2 Å². The van der Waals surface area contributed by atoms with Gasteiger partial charge in [0.15, 0.2) is 5.16 Å². The lowest BCUT2D eigenvalue weighted by molar-refractivity contribution is 0.0696. The van der Waals surface area contributed by atoms with Crippen LogP contribution in [0.15, 0.2) is 84.0 Å². The molecule has 5 heteroatoms. The zero-order valence-electron chi connectivity index (χ0n) is 18.9. The number of nitrogens with zero attached hydrogens (tertiary/aromatic N) is 2. The summed E-state index contributed by atoms with van der Waals surface area (Å²) < 4.78 is 0. The van der Waals surface area contributed by atoms with Crippen LogP contribution in [-0.2, 0) is 0 Å². The highest BCUT2D eigenvalue weighted by Crippen LogP contribution is 2.40. The van der Waals surface area contributed by atoms with Gasteiger partial charge in [-0.15, -0.1) is 0 Å². The molecule has 1 N–H and O–H groups in total. The lowest BCUT2D eigenvalue weighted by Gasteiger charge is -2.31. The third-order valence-corrected chi connectivity index (χ3v) is 7.80. The molecule has 1 amide bonds. The van der Waals surface area contributed by atoms with E-state index >= 15 is 0 Å². The molecular weight excluding hydrogens is 426 g/mol. The van der Waals surface area contributed by atoms with E-state index in [1.165, 1.54) is 24.8 Å². The number of rotatable bonds is 6. The van der Waals surface area contributed by atoms with Crippen molar-refractivity contribution in [3.63, 3.8) is 0 Å². The van der Waals surface area contributed by atoms with Gasteiger partial charge in [0.1, 0.15) is 0 Å². The van der Waals surface area contributed by atoms with Gasteiger partial charge in [0.2, 0.25) is 0 Å². The molecule has 4 nitrogen and oxygen atoms in total. The number of amides is 1. The molecule has 0 radical (unpaired) electrons. The summed E-state index contributed by atoms with van der Waals surface area (Å²) in [5, 5.41) is 0.967. The summed E-state index contributed by atoms with van der Waals surface area (Å²) in [5.74, 6) is 0.120. The number of nitrogens with one attached hydrogen (secondary N) is 1. The highest BCUT2D eigenvalue weighted by molar-refractivity contribution is 7.99. The number of aromatic nitrogens is 2. The van der Waals surface area contributed by atoms with Crippen LogP contribution in [0.4, 0.5) is 0 Å². The predicted molar refractivity (Wildman–Crippen MR) is 136 cm³/mol. The van der Waals surface area contributed by atoms with Gasteiger partial charge in [-0.3, -0.25) is 4.79 Å². The van der Waals surface area contributed by atoms with E-state index in [2.05, 4.69) is 41.4 Å². The van der Waals surface area contributed by atoms with E-state index < -0.39 is 0 Å². The summed E-state index contributed by atoms with van der Waals surface area (Å²) >= 11 is 1.70. The Labute approximate surface area is 199 Å². The van der Waals surface area contributed by atoms with Crippen molar-refractivity contribution in [1.82, 2.24) is 14.9 Å². The van der Waals surface area contributed by atoms with Crippen LogP contribution >= 0.6 is 11.8 Å². The quantitative estimate of drug-likeness (QED) is 0.324. The number of aromatic amines is 1. The van der Waals surface area contributed by atoms with E-state index in [1.807, 2.05) is 54.4 Å². The molecule has 0 aliphatic heterocycles. The number of imidazole rings is 1. The summed E-state index contributed by atoms with van der Waals surface area (Å²) in [5.41, 5.74) is 5.13. The van der Waals surface area contributed by atoms with Crippen LogP contribution < -0.4 is 0 Å². The minimum Gasteiger partial charge on any atom is -0.339 e. The Hall–Kier alpha value is -3.05. The van der Waals surface area contributed by atoms with E-state index in [1.54, 1.807) is 11.8 Å². The van der Waals surface area contributed by atoms with Gasteiger partial charge >= 0.3 is 0 Å². The van der Waals surface area contributed by atoms with Crippen molar-refractivity contribution >= 4 is 28.7 Å². The minimum atomic E-state index is 0.0759. The molecular formula is C28H29N3OS. The van der Waals surface area contributed by atoms with Crippen molar-refractivity contribution in [1.29, 1.82) is 0 Å². The number of thioether (sulfide) groups is 1. The number of H-pyrrole nitrogens is 1. The monoisotopic (exact) mass is 455 g/mol. The molecule has 1 aliphatic carbocycles. The SMILES string of the molecule is CN(C(=O)c1ccc(C(Sc2nc3ccccc3[nH]2)c2ccccc2)cc1)C1CCCCC1. The molecule has 1 aliphatic rings. The smallest absolute Gasteiger partial charge is 0.253 e. The number of fused-ring (bicyclic) bond motifs is 1. The normalized spacial score (nSPS) is 15.4. The Kier molecular flexibility index (Phi) is 6.49. The molecule has 0 spiro atoms. The zero-order chi connectivity index (χ0) is 22.6. The first-order chi connectivity index (χ1) is 16.2. The van der Waals surface area contributed by atoms with Crippen molar-refractivity contribution in [2.24, 2.45) is 0 Å². The number of para-hydroxylation sites is 2. The summed E-state index contributed by atoms with van der Waals surface area (Å²) in [7, 11) is 1.95. The predicted octanol–water partition coefficient (Wildman–Crippen LogP) is 6.85. The molecule has 1 fully saturated rings. The number of carbonyl (C=O) groups is 1. The number of benzene rings is 3. The molecule has 1 aromatic heterocycles. The lowest BCUT2D eigenvalue weighted by atomic mass is 9.94. The van der Waals surface area contributed by atoms with Crippen molar-refractivity contribution in [3.05, 3.63) is 95.6 Å². The van der Waals surface area contributed by atoms with Gasteiger partial charge in [-0.2, -0.15) is 0 Å². The molecule has 3 aromatic carbocycles. The fourth-order valence-corrected chi connectivity index (χ4v) is 5.82. The van der Waals surface area contributed by atoms with Gasteiger partial charge in [0, 0.05) is 18.7 Å². The summed E-state index contributed by atoms with van der Waals surface area (Å²) in [6.45, 7) is 0. The Morgan fingerprint density at radius 3 is 2.30 bits per heavy atom. The van der Waals surface area contributed by atoms with Crippen LogP contribution in [0.1, 0.15) is 58.8 Å². The Morgan fingerprint density at radius 2 is 1.58 bits per heavy atom. The lowest BCUT2D eigenvalue weighted by Crippen LogP contribution is -2.38. The second kappa shape index (κ2) is 9.84. The summed E-state index contributed by atoms with van der Waals surface area (Å²) in [4.78, 5) is 23.2. The van der Waals surface area contributed by atoms with Crippen LogP contribution in [0.25, 0.3) is 11.0 Å². The van der Waals surface area contributed by atoms with Crippen LogP contribution in [0.2, 0.25) is 0 Å². The Morgan fingerprint density at radius 1 is 0.909 bits per heavy atom. The maximum absolute atomic E-state index is 13.1. The Balaban J connectivity index is 1.40. The largest absolute Gasteiger partial charge is 0.339 e. The average molecular weight is 456 g/mol. The van der Waals surface area contributed by atoms with Crippen LogP contribution in [-0.4, -0.2) is 33.9 Å². The number of hydrogen-bond acceptors (Lipinski definition) is 3. The fourth-order valence-electron chi connectivity index (χ4n) is 4.69. The van der Waals surface area contributed by atoms with Crippen molar-refractivity contribution in [2.45, 2.75) is 48.6 Å². The topological polar surface area (TPSA) is 49.0 Å². The maximum atomic E-state index is 13.1. The van der Waals surface area contributed by atoms with Crippen LogP contribution in [0, 0.1) is 0 Å². The summed E-state index contributed by atoms with van der Waals surface area (Å²) in [6.07, 6.45) is 5.96. The van der Waals surface area contributed by atoms with Crippen LogP contribution in [0.3, 0.4) is 0 Å². The molecule has 1 unspecified atom stereocenters. The van der Waals surface area contributed by atoms with Gasteiger partial charge in [-0.25, -0.2) is 4.98 Å². The summed E-state index contributed by atoms with van der Waals surface area (Å²) in [6, 6.07) is 27.1. The van der Waals surface area contributed by atoms with Gasteiger partial charge in [0.25, 0.3) is 5.91 Å². The highest BCUT2D eigenvalue weighted by Gasteiger charge is 2.24. The third-order valence-electron chi connectivity index (χ3n) is 6.60. The molecule has 1 saturated carbocycles. The van der Waals surface area contributed by atoms with Crippen molar-refractivity contribution in [2.75, 3.05) is 7.05 Å². The second-order valence-electron chi connectivity index (χ2n) is 8.80. The van der Waals surface area contributed by atoms with E-state index in [4.69, 9.17) is 4.98 Å². The molecule has 168 valence electrons. The molecule has 4 aromatic rings. The standard InChI is InChI=1S/C28H29N3OS/c1-31(23-12-6-3-7-13-23)27(32)22-18-16-21(17-19-22)26(20-10-4-2-5-11-20)33-28-29-24-14-8-9-15-25(24)30-28/h2,4-5,8-11,14-19,23,26H,3,6-7,12-13H2,1H3,(H,29,30). The number of hydrogen-bond donors (Lipinski definition) is 1. The van der Waals surface area contributed by atoms with E-state index in [0.29, 0.717) is 6.04 Å². The average Bonchev–Trinajstić information content (AvgIpc) is 3.30. The van der Waals surface area contributed by atoms with E-state index in [9.17, 15) is 4.79 Å². The highest BCUT2D eigenvalue weighted by atomic mass is 32.2. The first-order valence-electron chi connectivity index (χ1n) is 11.7. The first kappa shape index (κ1) is 21.8. The fraction of sp³-hybridized carbons (Fsp3) is 0.286. The van der Waals surface area contributed by atoms with Gasteiger partial charge in [0.05, 0.1) is 16.3 Å². The molecule has 33 heavy (non-hydrogen) atoms. The second-order valence-corrected chi connectivity index (χ2v) is 9.89. The molecule has 0 saturated heterocycles. The number of carbonyl (C=O) groups excluding carboxylic acids is 1. The van der Waals surface area contributed by atoms with Gasteiger partial charge in [-0.1, -0.05) is 85.6 Å². The molecule has 1 heterocycles. The maximum Gasteiger partial charge on any atom is 0.253 e. The third kappa shape index (κ3) is 4.83. The van der Waals surface area contributed by atoms with Crippen LogP contribution in [0.5, 0.6) is 0 Å². The van der Waals surface area contributed by atoms with Crippen molar-refractivity contribution in [3.8, 4) is 0 Å². The molecule has 5 rings (SSSR count). The zero-order valence-corrected chi connectivity index (χ0v) is 19.7. The van der Waals surface area contributed by atoms with Gasteiger partial charge < -0.3 is 9.88 Å². The van der Waals surface area contributed by atoms with Crippen molar-refractivity contribution < 1.29 is 4.79 Å². The molecule has 0 bridgehead atoms. The Bertz CT molecular complexity index is 1180. The van der Waals surface area contributed by atoms with E-state index in [-0.39, 0.29) is 11.2 Å². The first-order valence-corrected chi connectivity index (χ1v) is 12.6. The molecule has 1 atom stereocenters. The minimum absolute atomic E-state index is 0.0759. The van der Waals surface area contributed by atoms with Gasteiger partial charge in [-0.05, 0) is 48.2 Å².